The van der Waals surface area contributed by atoms with Crippen LogP contribution in [0.2, 0.25) is 0 Å². The fourth-order valence-corrected chi connectivity index (χ4v) is 5.81. The number of rotatable bonds is 4. The number of hydrogen-bond donors (Lipinski definition) is 1. The fourth-order valence-electron chi connectivity index (χ4n) is 4.33. The number of carbonyl (C=O) groups excluding carboxylic acids is 1. The molecule has 0 bridgehead atoms. The molecule has 0 spiro atoms. The maximum atomic E-state index is 13.3. The summed E-state index contributed by atoms with van der Waals surface area (Å²) in [6.07, 6.45) is 2.57. The van der Waals surface area contributed by atoms with Crippen molar-refractivity contribution in [2.24, 2.45) is 5.92 Å². The van der Waals surface area contributed by atoms with E-state index in [4.69, 9.17) is 4.74 Å². The Labute approximate surface area is 177 Å². The molecule has 0 aromatic heterocycles. The highest BCUT2D eigenvalue weighted by molar-refractivity contribution is 7.89. The first-order valence-corrected chi connectivity index (χ1v) is 11.5. The third-order valence-electron chi connectivity index (χ3n) is 5.88. The molecule has 158 valence electrons. The molecule has 0 unspecified atom stereocenters. The molecular formula is C23H26N2O4S. The van der Waals surface area contributed by atoms with Crippen molar-refractivity contribution in [1.29, 1.82) is 0 Å². The third kappa shape index (κ3) is 4.05. The van der Waals surface area contributed by atoms with Gasteiger partial charge in [0.15, 0.2) is 0 Å². The van der Waals surface area contributed by atoms with Crippen molar-refractivity contribution in [3.63, 3.8) is 0 Å². The molecule has 2 saturated heterocycles. The Morgan fingerprint density at radius 2 is 1.83 bits per heavy atom. The van der Waals surface area contributed by atoms with Crippen molar-refractivity contribution < 1.29 is 17.9 Å². The minimum absolute atomic E-state index is 0.00182. The van der Waals surface area contributed by atoms with Crippen LogP contribution in [0.3, 0.4) is 0 Å². The molecular weight excluding hydrogens is 400 g/mol. The Morgan fingerprint density at radius 3 is 2.50 bits per heavy atom. The molecule has 0 amide bonds. The van der Waals surface area contributed by atoms with E-state index in [-0.39, 0.29) is 24.5 Å². The van der Waals surface area contributed by atoms with E-state index in [0.717, 1.165) is 16.7 Å². The van der Waals surface area contributed by atoms with Crippen molar-refractivity contribution in [2.75, 3.05) is 20.2 Å². The zero-order valence-corrected chi connectivity index (χ0v) is 17.9. The highest BCUT2D eigenvalue weighted by Crippen LogP contribution is 2.35. The first-order valence-electron chi connectivity index (χ1n) is 10.0. The first kappa shape index (κ1) is 20.8. The number of benzene rings is 2. The summed E-state index contributed by atoms with van der Waals surface area (Å²) in [5.41, 5.74) is 2.97. The number of esters is 1. The van der Waals surface area contributed by atoms with Gasteiger partial charge in [-0.3, -0.25) is 10.1 Å². The van der Waals surface area contributed by atoms with Gasteiger partial charge in [0.05, 0.1) is 12.0 Å². The minimum atomic E-state index is -3.64. The SMILES string of the molecule is COC(=O)[C@H]1C[C@@H]2CN(S(=O)(=O)c3ccc(C)cc3)C/C(=C\c3ccccc3)[C@@H]2N1. The Kier molecular flexibility index (Phi) is 5.77. The minimum Gasteiger partial charge on any atom is -0.468 e. The summed E-state index contributed by atoms with van der Waals surface area (Å²) < 4.78 is 33.1. The maximum Gasteiger partial charge on any atom is 0.322 e. The molecule has 0 aliphatic carbocycles. The molecule has 0 radical (unpaired) electrons. The Balaban J connectivity index is 1.69. The lowest BCUT2D eigenvalue weighted by Gasteiger charge is -2.36. The van der Waals surface area contributed by atoms with E-state index in [9.17, 15) is 13.2 Å². The second-order valence-corrected chi connectivity index (χ2v) is 9.89. The van der Waals surface area contributed by atoms with E-state index in [1.54, 1.807) is 12.1 Å². The molecule has 1 N–H and O–H groups in total. The van der Waals surface area contributed by atoms with Gasteiger partial charge in [0.2, 0.25) is 10.0 Å². The fraction of sp³-hybridized carbons (Fsp3) is 0.348. The zero-order valence-electron chi connectivity index (χ0n) is 17.1. The summed E-state index contributed by atoms with van der Waals surface area (Å²) in [5, 5.41) is 3.37. The number of hydrogen-bond acceptors (Lipinski definition) is 5. The molecule has 2 aromatic rings. The van der Waals surface area contributed by atoms with Gasteiger partial charge in [-0.05, 0) is 42.5 Å². The van der Waals surface area contributed by atoms with Gasteiger partial charge >= 0.3 is 5.97 Å². The lowest BCUT2D eigenvalue weighted by molar-refractivity contribution is -0.142. The summed E-state index contributed by atoms with van der Waals surface area (Å²) in [6.45, 7) is 2.58. The number of carbonyl (C=O) groups is 1. The third-order valence-corrected chi connectivity index (χ3v) is 7.71. The molecule has 7 heteroatoms. The van der Waals surface area contributed by atoms with Gasteiger partial charge in [-0.15, -0.1) is 0 Å². The van der Waals surface area contributed by atoms with Gasteiger partial charge < -0.3 is 4.74 Å². The van der Waals surface area contributed by atoms with E-state index in [0.29, 0.717) is 17.9 Å². The Hall–Kier alpha value is -2.48. The van der Waals surface area contributed by atoms with Crippen LogP contribution < -0.4 is 5.32 Å². The van der Waals surface area contributed by atoms with Crippen molar-refractivity contribution in [1.82, 2.24) is 9.62 Å². The van der Waals surface area contributed by atoms with Crippen molar-refractivity contribution in [3.05, 3.63) is 71.3 Å². The summed E-state index contributed by atoms with van der Waals surface area (Å²) in [7, 11) is -2.26. The molecule has 6 nitrogen and oxygen atoms in total. The van der Waals surface area contributed by atoms with E-state index >= 15 is 0 Å². The number of aryl methyl sites for hydroxylation is 1. The summed E-state index contributed by atoms with van der Waals surface area (Å²) >= 11 is 0. The van der Waals surface area contributed by atoms with Crippen LogP contribution in [0, 0.1) is 12.8 Å². The van der Waals surface area contributed by atoms with Crippen LogP contribution in [0.25, 0.3) is 6.08 Å². The molecule has 3 atom stereocenters. The average molecular weight is 427 g/mol. The summed E-state index contributed by atoms with van der Waals surface area (Å²) in [6, 6.07) is 16.3. The van der Waals surface area contributed by atoms with E-state index in [1.807, 2.05) is 55.5 Å². The topological polar surface area (TPSA) is 75.7 Å². The van der Waals surface area contributed by atoms with Gasteiger partial charge in [0, 0.05) is 19.1 Å². The van der Waals surface area contributed by atoms with Crippen molar-refractivity contribution in [3.8, 4) is 0 Å². The number of ether oxygens (including phenoxy) is 1. The van der Waals surface area contributed by atoms with Gasteiger partial charge in [-0.1, -0.05) is 54.1 Å². The Morgan fingerprint density at radius 1 is 1.13 bits per heavy atom. The van der Waals surface area contributed by atoms with Crippen LogP contribution in [0.15, 0.2) is 65.1 Å². The molecule has 2 aromatic carbocycles. The normalized spacial score (nSPS) is 25.8. The molecule has 4 rings (SSSR count). The van der Waals surface area contributed by atoms with Crippen molar-refractivity contribution in [2.45, 2.75) is 30.3 Å². The van der Waals surface area contributed by atoms with Crippen LogP contribution in [0.1, 0.15) is 17.5 Å². The largest absolute Gasteiger partial charge is 0.468 e. The monoisotopic (exact) mass is 426 g/mol. The second kappa shape index (κ2) is 8.34. The predicted octanol–water partition coefficient (Wildman–Crippen LogP) is 2.60. The van der Waals surface area contributed by atoms with E-state index in [2.05, 4.69) is 5.32 Å². The van der Waals surface area contributed by atoms with Crippen molar-refractivity contribution >= 4 is 22.1 Å². The summed E-state index contributed by atoms with van der Waals surface area (Å²) in [4.78, 5) is 12.4. The van der Waals surface area contributed by atoms with Gasteiger partial charge in [0.1, 0.15) is 6.04 Å². The Bertz CT molecular complexity index is 1050. The number of sulfonamides is 1. The second-order valence-electron chi connectivity index (χ2n) is 7.96. The van der Waals surface area contributed by atoms with Gasteiger partial charge in [0.25, 0.3) is 0 Å². The van der Waals surface area contributed by atoms with Crippen LogP contribution in [0.5, 0.6) is 0 Å². The highest BCUT2D eigenvalue weighted by atomic mass is 32.2. The molecule has 2 heterocycles. The molecule has 2 fully saturated rings. The molecule has 2 aliphatic rings. The smallest absolute Gasteiger partial charge is 0.322 e. The average Bonchev–Trinajstić information content (AvgIpc) is 3.19. The number of fused-ring (bicyclic) bond motifs is 1. The summed E-state index contributed by atoms with van der Waals surface area (Å²) in [5.74, 6) is -0.311. The number of nitrogens with zero attached hydrogens (tertiary/aromatic N) is 1. The van der Waals surface area contributed by atoms with E-state index in [1.165, 1.54) is 11.4 Å². The van der Waals surface area contributed by atoms with Crippen LogP contribution in [-0.4, -0.2) is 51.0 Å². The predicted molar refractivity (Wildman–Crippen MR) is 115 cm³/mol. The standard InChI is InChI=1S/C23H26N2O4S/c1-16-8-10-20(11-9-16)30(27,28)25-14-18(12-17-6-4-3-5-7-17)22-19(15-25)13-21(24-22)23(26)29-2/h3-12,19,21-22,24H,13-15H2,1-2H3/b18-12+/t19-,21-,22+/m1/s1. The van der Waals surface area contributed by atoms with E-state index < -0.39 is 16.1 Å². The highest BCUT2D eigenvalue weighted by Gasteiger charge is 2.45. The van der Waals surface area contributed by atoms with Crippen LogP contribution in [0.4, 0.5) is 0 Å². The first-order chi connectivity index (χ1) is 14.4. The maximum absolute atomic E-state index is 13.3. The lowest BCUT2D eigenvalue weighted by Crippen LogP contribution is -2.49. The molecule has 30 heavy (non-hydrogen) atoms. The zero-order chi connectivity index (χ0) is 21.3. The lowest BCUT2D eigenvalue weighted by atomic mass is 9.89. The molecule has 0 saturated carbocycles. The number of piperidine rings is 1. The number of methoxy groups -OCH3 is 1. The molecule has 2 aliphatic heterocycles. The quantitative estimate of drug-likeness (QED) is 0.761. The van der Waals surface area contributed by atoms with Crippen LogP contribution in [-0.2, 0) is 19.6 Å². The van der Waals surface area contributed by atoms with Gasteiger partial charge in [-0.2, -0.15) is 4.31 Å². The number of nitrogens with one attached hydrogen (secondary N) is 1. The van der Waals surface area contributed by atoms with Gasteiger partial charge in [-0.25, -0.2) is 8.42 Å². The van der Waals surface area contributed by atoms with Crippen LogP contribution >= 0.6 is 0 Å².